The summed E-state index contributed by atoms with van der Waals surface area (Å²) in [6.07, 6.45) is 1.67. The van der Waals surface area contributed by atoms with E-state index in [-0.39, 0.29) is 24.1 Å². The highest BCUT2D eigenvalue weighted by Crippen LogP contribution is 2.35. The number of hydrogen-bond acceptors (Lipinski definition) is 4. The summed E-state index contributed by atoms with van der Waals surface area (Å²) in [5.41, 5.74) is 2.21. The summed E-state index contributed by atoms with van der Waals surface area (Å²) in [5.74, 6) is 0.684. The zero-order valence-corrected chi connectivity index (χ0v) is 19.0. The molecule has 3 aromatic rings. The van der Waals surface area contributed by atoms with Crippen LogP contribution >= 0.6 is 15.9 Å². The summed E-state index contributed by atoms with van der Waals surface area (Å²) < 4.78 is 12.0. The van der Waals surface area contributed by atoms with E-state index in [9.17, 15) is 9.59 Å². The second-order valence-electron chi connectivity index (χ2n) is 7.08. The molecule has 3 aromatic carbocycles. The van der Waals surface area contributed by atoms with E-state index in [1.165, 1.54) is 4.90 Å². The Balaban J connectivity index is 1.56. The minimum Gasteiger partial charge on any atom is -0.496 e. The van der Waals surface area contributed by atoms with Gasteiger partial charge in [0.1, 0.15) is 12.3 Å². The summed E-state index contributed by atoms with van der Waals surface area (Å²) in [6, 6.07) is 22.2. The lowest BCUT2D eigenvalue weighted by Gasteiger charge is -2.30. The first kappa shape index (κ1) is 21.6. The minimum atomic E-state index is -0.383. The summed E-state index contributed by atoms with van der Waals surface area (Å²) in [5, 5.41) is 2.87. The van der Waals surface area contributed by atoms with Crippen LogP contribution in [0.4, 0.5) is 5.69 Å². The Hall–Kier alpha value is -3.58. The third-order valence-corrected chi connectivity index (χ3v) is 5.72. The van der Waals surface area contributed by atoms with Gasteiger partial charge >= 0.3 is 0 Å². The van der Waals surface area contributed by atoms with E-state index < -0.39 is 0 Å². The zero-order chi connectivity index (χ0) is 22.5. The highest BCUT2D eigenvalue weighted by Gasteiger charge is 2.31. The number of amides is 2. The van der Waals surface area contributed by atoms with Crippen molar-refractivity contribution in [3.8, 4) is 11.5 Å². The predicted molar refractivity (Wildman–Crippen MR) is 126 cm³/mol. The smallest absolute Gasteiger partial charge is 0.294 e. The molecule has 0 fully saturated rings. The van der Waals surface area contributed by atoms with E-state index in [1.54, 1.807) is 31.4 Å². The van der Waals surface area contributed by atoms with Crippen molar-refractivity contribution in [3.63, 3.8) is 0 Å². The van der Waals surface area contributed by atoms with Crippen LogP contribution in [0.25, 0.3) is 6.08 Å². The molecule has 0 aliphatic carbocycles. The average molecular weight is 493 g/mol. The Labute approximate surface area is 194 Å². The number of halogens is 1. The second kappa shape index (κ2) is 9.70. The van der Waals surface area contributed by atoms with Gasteiger partial charge in [0.2, 0.25) is 5.91 Å². The van der Waals surface area contributed by atoms with Gasteiger partial charge in [0.15, 0.2) is 11.5 Å². The van der Waals surface area contributed by atoms with E-state index in [4.69, 9.17) is 9.47 Å². The van der Waals surface area contributed by atoms with Crippen LogP contribution in [0.1, 0.15) is 11.1 Å². The van der Waals surface area contributed by atoms with Crippen molar-refractivity contribution in [2.24, 2.45) is 0 Å². The number of methoxy groups -OCH3 is 1. The van der Waals surface area contributed by atoms with E-state index >= 15 is 0 Å². The zero-order valence-electron chi connectivity index (χ0n) is 17.4. The molecule has 1 N–H and O–H groups in total. The normalized spacial score (nSPS) is 14.0. The van der Waals surface area contributed by atoms with Crippen LogP contribution in [0.15, 0.2) is 83.0 Å². The molecular weight excluding hydrogens is 472 g/mol. The quantitative estimate of drug-likeness (QED) is 0.512. The van der Waals surface area contributed by atoms with Crippen LogP contribution in [0, 0.1) is 0 Å². The molecule has 0 radical (unpaired) electrons. The molecule has 0 aromatic heterocycles. The van der Waals surface area contributed by atoms with Gasteiger partial charge in [-0.1, -0.05) is 64.5 Å². The standard InChI is InChI=1S/C25H21BrN2O4/c1-31-21-12-6-3-9-18(21)15-27-24(29)16-28-20-11-5-7-13-22(20)32-23(25(28)30)14-17-8-2-4-10-19(17)26/h2-14H,15-16H2,1H3,(H,27,29). The van der Waals surface area contributed by atoms with Gasteiger partial charge in [-0.25, -0.2) is 0 Å². The molecule has 162 valence electrons. The topological polar surface area (TPSA) is 67.9 Å². The molecule has 0 saturated heterocycles. The number of carbonyl (C=O) groups excluding carboxylic acids is 2. The first-order valence-electron chi connectivity index (χ1n) is 10.0. The number of nitrogens with zero attached hydrogens (tertiary/aromatic N) is 1. The van der Waals surface area contributed by atoms with Crippen molar-refractivity contribution < 1.29 is 19.1 Å². The van der Waals surface area contributed by atoms with Crippen molar-refractivity contribution in [2.75, 3.05) is 18.6 Å². The molecule has 0 unspecified atom stereocenters. The number of ether oxygens (including phenoxy) is 2. The molecule has 0 spiro atoms. The van der Waals surface area contributed by atoms with Crippen molar-refractivity contribution in [1.29, 1.82) is 0 Å². The fraction of sp³-hybridized carbons (Fsp3) is 0.120. The summed E-state index contributed by atoms with van der Waals surface area (Å²) in [4.78, 5) is 27.4. The number of hydrogen-bond donors (Lipinski definition) is 1. The Morgan fingerprint density at radius 3 is 2.59 bits per heavy atom. The minimum absolute atomic E-state index is 0.137. The molecular formula is C25H21BrN2O4. The summed E-state index contributed by atoms with van der Waals surface area (Å²) in [6.45, 7) is 0.157. The van der Waals surface area contributed by atoms with Crippen molar-refractivity contribution in [2.45, 2.75) is 6.54 Å². The van der Waals surface area contributed by atoms with Gasteiger partial charge in [0, 0.05) is 16.6 Å². The number of benzene rings is 3. The lowest BCUT2D eigenvalue weighted by atomic mass is 10.1. The SMILES string of the molecule is COc1ccccc1CNC(=O)CN1C(=O)C(=Cc2ccccc2Br)Oc2ccccc21. The van der Waals surface area contributed by atoms with Crippen LogP contribution in [0.2, 0.25) is 0 Å². The molecule has 0 saturated carbocycles. The number of nitrogens with one attached hydrogen (secondary N) is 1. The first-order valence-corrected chi connectivity index (χ1v) is 10.8. The highest BCUT2D eigenvalue weighted by molar-refractivity contribution is 9.10. The highest BCUT2D eigenvalue weighted by atomic mass is 79.9. The van der Waals surface area contributed by atoms with Crippen LogP contribution in [0.5, 0.6) is 11.5 Å². The maximum absolute atomic E-state index is 13.2. The van der Waals surface area contributed by atoms with Crippen LogP contribution < -0.4 is 19.7 Å². The molecule has 1 aliphatic heterocycles. The molecule has 7 heteroatoms. The van der Waals surface area contributed by atoms with Gasteiger partial charge in [-0.3, -0.25) is 14.5 Å². The maximum atomic E-state index is 13.2. The Morgan fingerprint density at radius 1 is 1.06 bits per heavy atom. The molecule has 1 heterocycles. The number of para-hydroxylation sites is 3. The Bertz CT molecular complexity index is 1190. The fourth-order valence-corrected chi connectivity index (χ4v) is 3.79. The van der Waals surface area contributed by atoms with Crippen molar-refractivity contribution in [1.82, 2.24) is 5.32 Å². The monoisotopic (exact) mass is 492 g/mol. The molecule has 4 rings (SSSR count). The van der Waals surface area contributed by atoms with E-state index in [0.29, 0.717) is 23.7 Å². The molecule has 6 nitrogen and oxygen atoms in total. The van der Waals surface area contributed by atoms with Crippen molar-refractivity contribution >= 4 is 39.5 Å². The number of rotatable bonds is 6. The van der Waals surface area contributed by atoms with E-state index in [2.05, 4.69) is 21.2 Å². The molecule has 0 atom stereocenters. The van der Waals surface area contributed by atoms with Crippen LogP contribution in [-0.2, 0) is 16.1 Å². The van der Waals surface area contributed by atoms with E-state index in [1.807, 2.05) is 54.6 Å². The van der Waals surface area contributed by atoms with Gasteiger partial charge in [-0.2, -0.15) is 0 Å². The van der Waals surface area contributed by atoms with Gasteiger partial charge in [0.25, 0.3) is 5.91 Å². The molecule has 2 amide bonds. The third-order valence-electron chi connectivity index (χ3n) is 4.99. The lowest BCUT2D eigenvalue weighted by Crippen LogP contribution is -2.44. The van der Waals surface area contributed by atoms with Crippen molar-refractivity contribution in [3.05, 3.63) is 94.2 Å². The van der Waals surface area contributed by atoms with Gasteiger partial charge in [0.05, 0.1) is 12.8 Å². The molecule has 1 aliphatic rings. The Morgan fingerprint density at radius 2 is 1.78 bits per heavy atom. The second-order valence-corrected chi connectivity index (χ2v) is 7.93. The number of anilines is 1. The van der Waals surface area contributed by atoms with Gasteiger partial charge in [-0.05, 0) is 35.9 Å². The van der Waals surface area contributed by atoms with Crippen LogP contribution in [-0.4, -0.2) is 25.5 Å². The van der Waals surface area contributed by atoms with Gasteiger partial charge < -0.3 is 14.8 Å². The largest absolute Gasteiger partial charge is 0.496 e. The van der Waals surface area contributed by atoms with Gasteiger partial charge in [-0.15, -0.1) is 0 Å². The van der Waals surface area contributed by atoms with Crippen LogP contribution in [0.3, 0.4) is 0 Å². The Kier molecular flexibility index (Phi) is 6.56. The summed E-state index contributed by atoms with van der Waals surface area (Å²) in [7, 11) is 1.59. The average Bonchev–Trinajstić information content (AvgIpc) is 2.82. The molecule has 32 heavy (non-hydrogen) atoms. The van der Waals surface area contributed by atoms with E-state index in [0.717, 1.165) is 15.6 Å². The fourth-order valence-electron chi connectivity index (χ4n) is 3.39. The molecule has 0 bridgehead atoms. The third kappa shape index (κ3) is 4.68. The number of carbonyl (C=O) groups is 2. The number of fused-ring (bicyclic) bond motifs is 1. The predicted octanol–water partition coefficient (Wildman–Crippen LogP) is 4.54. The lowest BCUT2D eigenvalue weighted by molar-refractivity contribution is -0.123. The maximum Gasteiger partial charge on any atom is 0.294 e. The first-order chi connectivity index (χ1) is 15.6. The summed E-state index contributed by atoms with van der Waals surface area (Å²) >= 11 is 3.49.